The summed E-state index contributed by atoms with van der Waals surface area (Å²) in [4.78, 5) is 0. The van der Waals surface area contributed by atoms with Gasteiger partial charge in [0.2, 0.25) is 0 Å². The summed E-state index contributed by atoms with van der Waals surface area (Å²) in [5.74, 6) is 5.31. The van der Waals surface area contributed by atoms with Gasteiger partial charge in [-0.25, -0.2) is 4.39 Å². The Morgan fingerprint density at radius 3 is 2.50 bits per heavy atom. The van der Waals surface area contributed by atoms with Gasteiger partial charge in [0, 0.05) is 10.0 Å². The van der Waals surface area contributed by atoms with Crippen LogP contribution < -0.4 is 11.3 Å². The van der Waals surface area contributed by atoms with Gasteiger partial charge in [-0.05, 0) is 60.4 Å². The van der Waals surface area contributed by atoms with Gasteiger partial charge < -0.3 is 0 Å². The van der Waals surface area contributed by atoms with Gasteiger partial charge in [0.05, 0.1) is 6.04 Å². The number of benzene rings is 2. The molecule has 2 aromatic rings. The lowest BCUT2D eigenvalue weighted by molar-refractivity contribution is 0.527. The maximum atomic E-state index is 13.8. The molecule has 0 heterocycles. The molecule has 0 amide bonds. The largest absolute Gasteiger partial charge is 0.271 e. The molecule has 2 rings (SSSR count). The van der Waals surface area contributed by atoms with E-state index in [0.29, 0.717) is 22.0 Å². The highest BCUT2D eigenvalue weighted by Crippen LogP contribution is 2.26. The molecule has 1 atom stereocenters. The minimum Gasteiger partial charge on any atom is -0.271 e. The van der Waals surface area contributed by atoms with Crippen molar-refractivity contribution in [1.82, 2.24) is 5.43 Å². The molecule has 0 aromatic heterocycles. The zero-order chi connectivity index (χ0) is 14.7. The van der Waals surface area contributed by atoms with E-state index in [4.69, 9.17) is 29.0 Å². The normalized spacial score (nSPS) is 12.4. The Bertz CT molecular complexity index is 617. The van der Waals surface area contributed by atoms with Gasteiger partial charge in [-0.2, -0.15) is 0 Å². The molecule has 20 heavy (non-hydrogen) atoms. The molecule has 5 heteroatoms. The lowest BCUT2D eigenvalue weighted by Crippen LogP contribution is -2.30. The lowest BCUT2D eigenvalue weighted by Gasteiger charge is -2.19. The van der Waals surface area contributed by atoms with Crippen LogP contribution in [0.4, 0.5) is 4.39 Å². The first kappa shape index (κ1) is 15.3. The lowest BCUT2D eigenvalue weighted by atomic mass is 9.95. The van der Waals surface area contributed by atoms with E-state index in [0.717, 1.165) is 11.1 Å². The van der Waals surface area contributed by atoms with Crippen LogP contribution >= 0.6 is 23.2 Å². The smallest absolute Gasteiger partial charge is 0.126 e. The summed E-state index contributed by atoms with van der Waals surface area (Å²) in [7, 11) is 0. The van der Waals surface area contributed by atoms with E-state index in [2.05, 4.69) is 5.43 Å². The number of rotatable bonds is 4. The van der Waals surface area contributed by atoms with Crippen molar-refractivity contribution in [2.24, 2.45) is 5.84 Å². The second-order valence-electron chi connectivity index (χ2n) is 4.66. The van der Waals surface area contributed by atoms with Gasteiger partial charge in [0.15, 0.2) is 0 Å². The van der Waals surface area contributed by atoms with Gasteiger partial charge in [-0.15, -0.1) is 0 Å². The Hall–Kier alpha value is -1.13. The predicted octanol–water partition coefficient (Wildman–Crippen LogP) is 4.19. The van der Waals surface area contributed by atoms with E-state index >= 15 is 0 Å². The maximum absolute atomic E-state index is 13.8. The molecule has 3 N–H and O–H groups in total. The minimum absolute atomic E-state index is 0.235. The average Bonchev–Trinajstić information content (AvgIpc) is 2.42. The monoisotopic (exact) mass is 312 g/mol. The number of halogens is 3. The summed E-state index contributed by atoms with van der Waals surface area (Å²) in [5.41, 5.74) is 5.21. The first-order valence-electron chi connectivity index (χ1n) is 6.17. The number of nitrogens with one attached hydrogen (secondary N) is 1. The van der Waals surface area contributed by atoms with Crippen molar-refractivity contribution in [3.63, 3.8) is 0 Å². The Morgan fingerprint density at radius 2 is 1.80 bits per heavy atom. The zero-order valence-corrected chi connectivity index (χ0v) is 12.5. The highest BCUT2D eigenvalue weighted by molar-refractivity contribution is 6.30. The number of hydrogen-bond donors (Lipinski definition) is 2. The Labute approximate surface area is 127 Å². The molecule has 1 unspecified atom stereocenters. The summed E-state index contributed by atoms with van der Waals surface area (Å²) in [6.07, 6.45) is 0.393. The molecule has 0 fully saturated rings. The second kappa shape index (κ2) is 6.55. The molecule has 0 bridgehead atoms. The van der Waals surface area contributed by atoms with Crippen LogP contribution in [0.5, 0.6) is 0 Å². The molecule has 0 spiro atoms. The summed E-state index contributed by atoms with van der Waals surface area (Å²) in [6.45, 7) is 1.96. The van der Waals surface area contributed by atoms with E-state index in [1.807, 2.05) is 25.1 Å². The van der Waals surface area contributed by atoms with E-state index in [1.54, 1.807) is 6.07 Å². The Balaban J connectivity index is 2.33. The fraction of sp³-hybridized carbons (Fsp3) is 0.200. The summed E-state index contributed by atoms with van der Waals surface area (Å²) < 4.78 is 13.8. The molecule has 0 saturated heterocycles. The molecule has 0 aliphatic rings. The van der Waals surface area contributed by atoms with Crippen LogP contribution in [0.3, 0.4) is 0 Å². The van der Waals surface area contributed by atoms with E-state index in [1.165, 1.54) is 12.1 Å². The average molecular weight is 313 g/mol. The molecular formula is C15H15Cl2FN2. The summed E-state index contributed by atoms with van der Waals surface area (Å²) in [6, 6.07) is 9.82. The molecular weight excluding hydrogens is 298 g/mol. The van der Waals surface area contributed by atoms with Crippen molar-refractivity contribution in [3.8, 4) is 0 Å². The SMILES string of the molecule is Cc1ccc(Cl)cc1C(Cc1cc(Cl)ccc1F)NN. The van der Waals surface area contributed by atoms with E-state index < -0.39 is 0 Å². The van der Waals surface area contributed by atoms with Gasteiger partial charge in [-0.3, -0.25) is 11.3 Å². The number of hydrazine groups is 1. The molecule has 106 valence electrons. The van der Waals surface area contributed by atoms with E-state index in [-0.39, 0.29) is 11.9 Å². The standard InChI is InChI=1S/C15H15Cl2FN2/c1-9-2-3-12(17)8-13(9)15(20-19)7-10-6-11(16)4-5-14(10)18/h2-6,8,15,20H,7,19H2,1H3. The second-order valence-corrected chi connectivity index (χ2v) is 5.53. The molecule has 0 saturated carbocycles. The van der Waals surface area contributed by atoms with Crippen LogP contribution in [0, 0.1) is 12.7 Å². The molecule has 2 nitrogen and oxygen atoms in total. The predicted molar refractivity (Wildman–Crippen MR) is 81.4 cm³/mol. The first-order chi connectivity index (χ1) is 9.51. The number of nitrogens with two attached hydrogens (primary N) is 1. The van der Waals surface area contributed by atoms with Crippen LogP contribution in [-0.2, 0) is 6.42 Å². The third-order valence-corrected chi connectivity index (χ3v) is 3.72. The number of hydrogen-bond acceptors (Lipinski definition) is 2. The van der Waals surface area contributed by atoms with Gasteiger partial charge >= 0.3 is 0 Å². The fourth-order valence-corrected chi connectivity index (χ4v) is 2.54. The van der Waals surface area contributed by atoms with Crippen molar-refractivity contribution in [3.05, 3.63) is 69.0 Å². The third-order valence-electron chi connectivity index (χ3n) is 3.25. The molecule has 0 aliphatic heterocycles. The van der Waals surface area contributed by atoms with Crippen molar-refractivity contribution in [2.45, 2.75) is 19.4 Å². The van der Waals surface area contributed by atoms with E-state index in [9.17, 15) is 4.39 Å². The first-order valence-corrected chi connectivity index (χ1v) is 6.93. The highest BCUT2D eigenvalue weighted by Gasteiger charge is 2.16. The quantitative estimate of drug-likeness (QED) is 0.656. The molecule has 0 radical (unpaired) electrons. The Morgan fingerprint density at radius 1 is 1.15 bits per heavy atom. The van der Waals surface area contributed by atoms with Gasteiger partial charge in [-0.1, -0.05) is 29.3 Å². The van der Waals surface area contributed by atoms with Crippen molar-refractivity contribution in [1.29, 1.82) is 0 Å². The van der Waals surface area contributed by atoms with Crippen LogP contribution in [0.2, 0.25) is 10.0 Å². The fourth-order valence-electron chi connectivity index (χ4n) is 2.17. The van der Waals surface area contributed by atoms with Crippen molar-refractivity contribution in [2.75, 3.05) is 0 Å². The van der Waals surface area contributed by atoms with Crippen LogP contribution in [0.15, 0.2) is 36.4 Å². The van der Waals surface area contributed by atoms with Crippen LogP contribution in [0.1, 0.15) is 22.7 Å². The number of aryl methyl sites for hydroxylation is 1. The van der Waals surface area contributed by atoms with Gasteiger partial charge in [0.1, 0.15) is 5.82 Å². The molecule has 2 aromatic carbocycles. The Kier molecular flexibility index (Phi) is 5.00. The van der Waals surface area contributed by atoms with Gasteiger partial charge in [0.25, 0.3) is 0 Å². The summed E-state index contributed by atoms with van der Waals surface area (Å²) >= 11 is 11.9. The van der Waals surface area contributed by atoms with Crippen LogP contribution in [-0.4, -0.2) is 0 Å². The highest BCUT2D eigenvalue weighted by atomic mass is 35.5. The topological polar surface area (TPSA) is 38.0 Å². The summed E-state index contributed by atoms with van der Waals surface area (Å²) in [5, 5.41) is 1.12. The third kappa shape index (κ3) is 3.49. The molecule has 0 aliphatic carbocycles. The van der Waals surface area contributed by atoms with Crippen molar-refractivity contribution < 1.29 is 4.39 Å². The van der Waals surface area contributed by atoms with Crippen LogP contribution in [0.25, 0.3) is 0 Å². The van der Waals surface area contributed by atoms with Crippen molar-refractivity contribution >= 4 is 23.2 Å². The minimum atomic E-state index is -0.297. The zero-order valence-electron chi connectivity index (χ0n) is 11.0. The maximum Gasteiger partial charge on any atom is 0.126 e.